The van der Waals surface area contributed by atoms with E-state index in [-0.39, 0.29) is 17.2 Å². The summed E-state index contributed by atoms with van der Waals surface area (Å²) in [6.07, 6.45) is 3.47. The van der Waals surface area contributed by atoms with Gasteiger partial charge in [-0.3, -0.25) is 0 Å². The molecule has 120 valence electrons. The third kappa shape index (κ3) is 5.03. The van der Waals surface area contributed by atoms with E-state index in [0.29, 0.717) is 12.6 Å². The van der Waals surface area contributed by atoms with Crippen LogP contribution < -0.4 is 5.32 Å². The molecule has 2 rings (SSSR count). The zero-order chi connectivity index (χ0) is 15.7. The molecule has 1 saturated carbocycles. The second kappa shape index (κ2) is 6.33. The fourth-order valence-electron chi connectivity index (χ4n) is 1.72. The Morgan fingerprint density at radius 1 is 1.33 bits per heavy atom. The van der Waals surface area contributed by atoms with Crippen molar-refractivity contribution in [3.8, 4) is 0 Å². The maximum Gasteiger partial charge on any atom is 0.243 e. The van der Waals surface area contributed by atoms with Gasteiger partial charge in [0, 0.05) is 42.7 Å². The standard InChI is InChI=1S/C12H20N2O4S3/c1-14(5-6-20(2,15)16)21(17,18)12-7-11(19-9-12)8-13-10-3-4-10/h7,9-10,13H,3-6,8H2,1-2H3. The Balaban J connectivity index is 2.00. The lowest BCUT2D eigenvalue weighted by molar-refractivity contribution is 0.485. The number of rotatable bonds is 8. The third-order valence-corrected chi connectivity index (χ3v) is 7.10. The van der Waals surface area contributed by atoms with E-state index in [1.807, 2.05) is 0 Å². The van der Waals surface area contributed by atoms with Crippen molar-refractivity contribution in [3.05, 3.63) is 16.3 Å². The summed E-state index contributed by atoms with van der Waals surface area (Å²) < 4.78 is 48.0. The summed E-state index contributed by atoms with van der Waals surface area (Å²) in [5, 5.41) is 4.94. The van der Waals surface area contributed by atoms with Gasteiger partial charge >= 0.3 is 0 Å². The lowest BCUT2D eigenvalue weighted by Gasteiger charge is -2.15. The zero-order valence-electron chi connectivity index (χ0n) is 12.1. The fraction of sp³-hybridized carbons (Fsp3) is 0.667. The van der Waals surface area contributed by atoms with Gasteiger partial charge in [0.2, 0.25) is 10.0 Å². The Morgan fingerprint density at radius 2 is 2.00 bits per heavy atom. The number of sulfone groups is 1. The van der Waals surface area contributed by atoms with Crippen LogP contribution in [0.4, 0.5) is 0 Å². The molecule has 0 aliphatic heterocycles. The molecule has 0 bridgehead atoms. The molecule has 6 nitrogen and oxygen atoms in total. The molecule has 1 heterocycles. The highest BCUT2D eigenvalue weighted by Crippen LogP contribution is 2.24. The van der Waals surface area contributed by atoms with Crippen molar-refractivity contribution in [2.75, 3.05) is 25.6 Å². The van der Waals surface area contributed by atoms with Crippen LogP contribution in [0.5, 0.6) is 0 Å². The van der Waals surface area contributed by atoms with Crippen LogP contribution in [0.25, 0.3) is 0 Å². The van der Waals surface area contributed by atoms with Gasteiger partial charge in [-0.25, -0.2) is 16.8 Å². The van der Waals surface area contributed by atoms with E-state index in [0.717, 1.165) is 15.4 Å². The largest absolute Gasteiger partial charge is 0.309 e. The molecule has 1 fully saturated rings. The molecule has 0 unspecified atom stereocenters. The average molecular weight is 353 g/mol. The summed E-state index contributed by atoms with van der Waals surface area (Å²) in [5.74, 6) is -0.178. The topological polar surface area (TPSA) is 83.6 Å². The first-order valence-corrected chi connectivity index (χ1v) is 11.0. The van der Waals surface area contributed by atoms with Crippen LogP contribution in [0.1, 0.15) is 17.7 Å². The molecule has 0 radical (unpaired) electrons. The molecule has 1 aliphatic carbocycles. The van der Waals surface area contributed by atoms with Crippen molar-refractivity contribution in [2.24, 2.45) is 0 Å². The van der Waals surface area contributed by atoms with Crippen LogP contribution in [-0.4, -0.2) is 52.8 Å². The Morgan fingerprint density at radius 3 is 2.57 bits per heavy atom. The van der Waals surface area contributed by atoms with Crippen LogP contribution in [0.2, 0.25) is 0 Å². The molecule has 0 atom stereocenters. The first-order chi connectivity index (χ1) is 9.68. The summed E-state index contributed by atoms with van der Waals surface area (Å²) >= 11 is 1.40. The lowest BCUT2D eigenvalue weighted by atomic mass is 10.4. The van der Waals surface area contributed by atoms with Crippen molar-refractivity contribution in [3.63, 3.8) is 0 Å². The molecule has 1 aliphatic rings. The smallest absolute Gasteiger partial charge is 0.243 e. The van der Waals surface area contributed by atoms with Crippen molar-refractivity contribution in [2.45, 2.75) is 30.3 Å². The summed E-state index contributed by atoms with van der Waals surface area (Å²) in [5.41, 5.74) is 0. The predicted molar refractivity (Wildman–Crippen MR) is 83.7 cm³/mol. The molecule has 0 aromatic carbocycles. The van der Waals surface area contributed by atoms with E-state index in [2.05, 4.69) is 5.32 Å². The summed E-state index contributed by atoms with van der Waals surface area (Å²) in [6.45, 7) is 0.643. The van der Waals surface area contributed by atoms with Crippen molar-refractivity contribution in [1.29, 1.82) is 0 Å². The summed E-state index contributed by atoms with van der Waals surface area (Å²) in [4.78, 5) is 1.20. The molecule has 21 heavy (non-hydrogen) atoms. The van der Waals surface area contributed by atoms with E-state index < -0.39 is 19.9 Å². The lowest BCUT2D eigenvalue weighted by Crippen LogP contribution is -2.31. The number of nitrogens with one attached hydrogen (secondary N) is 1. The van der Waals surface area contributed by atoms with Gasteiger partial charge in [-0.2, -0.15) is 4.31 Å². The normalized spacial score (nSPS) is 16.5. The first-order valence-electron chi connectivity index (χ1n) is 6.63. The Hall–Kier alpha value is -0.480. The minimum absolute atomic E-state index is 0.0350. The third-order valence-electron chi connectivity index (χ3n) is 3.26. The van der Waals surface area contributed by atoms with Crippen LogP contribution >= 0.6 is 11.3 Å². The first kappa shape index (κ1) is 16.9. The predicted octanol–water partition coefficient (Wildman–Crippen LogP) is 0.665. The van der Waals surface area contributed by atoms with Gasteiger partial charge in [0.1, 0.15) is 9.84 Å². The SMILES string of the molecule is CN(CCS(C)(=O)=O)S(=O)(=O)c1csc(CNC2CC2)c1. The number of nitrogens with zero attached hydrogens (tertiary/aromatic N) is 1. The maximum atomic E-state index is 12.3. The quantitative estimate of drug-likeness (QED) is 0.743. The van der Waals surface area contributed by atoms with E-state index in [1.54, 1.807) is 11.4 Å². The van der Waals surface area contributed by atoms with Gasteiger partial charge in [-0.05, 0) is 18.9 Å². The van der Waals surface area contributed by atoms with Crippen LogP contribution in [-0.2, 0) is 26.4 Å². The molecule has 0 saturated heterocycles. The molecule has 0 spiro atoms. The van der Waals surface area contributed by atoms with Crippen LogP contribution in [0.3, 0.4) is 0 Å². The molecular weight excluding hydrogens is 332 g/mol. The number of hydrogen-bond acceptors (Lipinski definition) is 6. The zero-order valence-corrected chi connectivity index (χ0v) is 14.5. The highest BCUT2D eigenvalue weighted by Gasteiger charge is 2.24. The van der Waals surface area contributed by atoms with Gasteiger partial charge in [0.05, 0.1) is 10.6 Å². The van der Waals surface area contributed by atoms with Gasteiger partial charge < -0.3 is 5.32 Å². The maximum absolute atomic E-state index is 12.3. The van der Waals surface area contributed by atoms with Gasteiger partial charge in [0.25, 0.3) is 0 Å². The Bertz CT molecular complexity index is 690. The summed E-state index contributed by atoms with van der Waals surface area (Å²) in [6, 6.07) is 2.23. The van der Waals surface area contributed by atoms with E-state index in [4.69, 9.17) is 0 Å². The second-order valence-corrected chi connectivity index (χ2v) is 10.7. The van der Waals surface area contributed by atoms with E-state index in [1.165, 1.54) is 31.2 Å². The van der Waals surface area contributed by atoms with Gasteiger partial charge in [-0.1, -0.05) is 0 Å². The molecule has 1 aromatic heterocycles. The molecule has 1 N–H and O–H groups in total. The fourth-order valence-corrected chi connectivity index (χ4v) is 4.82. The Kier molecular flexibility index (Phi) is 5.09. The number of sulfonamides is 1. The average Bonchev–Trinajstić information content (AvgIpc) is 3.08. The van der Waals surface area contributed by atoms with Crippen molar-refractivity contribution in [1.82, 2.24) is 9.62 Å². The minimum Gasteiger partial charge on any atom is -0.309 e. The second-order valence-electron chi connectivity index (χ2n) is 5.36. The highest BCUT2D eigenvalue weighted by atomic mass is 32.2. The summed E-state index contributed by atoms with van der Waals surface area (Å²) in [7, 11) is -5.39. The molecule has 0 amide bonds. The van der Waals surface area contributed by atoms with E-state index in [9.17, 15) is 16.8 Å². The van der Waals surface area contributed by atoms with Crippen LogP contribution in [0, 0.1) is 0 Å². The minimum atomic E-state index is -3.61. The van der Waals surface area contributed by atoms with Gasteiger partial charge in [0.15, 0.2) is 0 Å². The monoisotopic (exact) mass is 352 g/mol. The van der Waals surface area contributed by atoms with Gasteiger partial charge in [-0.15, -0.1) is 11.3 Å². The van der Waals surface area contributed by atoms with Crippen molar-refractivity contribution >= 4 is 31.2 Å². The Labute approximate surface area is 130 Å². The van der Waals surface area contributed by atoms with E-state index >= 15 is 0 Å². The number of thiophene rings is 1. The number of hydrogen-bond donors (Lipinski definition) is 1. The molecular formula is C12H20N2O4S3. The highest BCUT2D eigenvalue weighted by molar-refractivity contribution is 7.91. The molecule has 9 heteroatoms. The molecule has 1 aromatic rings. The van der Waals surface area contributed by atoms with Crippen LogP contribution in [0.15, 0.2) is 16.3 Å². The van der Waals surface area contributed by atoms with Crippen molar-refractivity contribution < 1.29 is 16.8 Å².